The van der Waals surface area contributed by atoms with E-state index in [1.54, 1.807) is 4.90 Å². The number of carbonyl (C=O) groups is 2. The Bertz CT molecular complexity index is 1090. The molecule has 2 aromatic heterocycles. The number of aromatic amines is 1. The average Bonchev–Trinajstić information content (AvgIpc) is 3.28. The number of amides is 2. The number of aromatic nitrogens is 3. The van der Waals surface area contributed by atoms with Gasteiger partial charge in [-0.25, -0.2) is 9.50 Å². The van der Waals surface area contributed by atoms with Crippen molar-refractivity contribution in [1.82, 2.24) is 24.4 Å². The molecule has 2 amide bonds. The van der Waals surface area contributed by atoms with Crippen LogP contribution in [0, 0.1) is 11.3 Å². The zero-order valence-corrected chi connectivity index (χ0v) is 17.9. The number of rotatable bonds is 2. The first-order valence-corrected chi connectivity index (χ1v) is 11.0. The van der Waals surface area contributed by atoms with Crippen molar-refractivity contribution in [2.45, 2.75) is 65.5 Å². The molecule has 1 atom stereocenters. The van der Waals surface area contributed by atoms with Crippen LogP contribution in [0.1, 0.15) is 69.4 Å². The van der Waals surface area contributed by atoms with E-state index in [1.165, 1.54) is 4.52 Å². The Labute approximate surface area is 175 Å². The van der Waals surface area contributed by atoms with Crippen LogP contribution in [-0.4, -0.2) is 49.3 Å². The SMILES string of the molecule is CC(C)(C)C(=O)N1CCC[C@@H]1c1cc2nc3c(c(=O)n2[nH]1)CN(C(=O)C1CC1)CC3. The molecule has 0 aromatic carbocycles. The summed E-state index contributed by atoms with van der Waals surface area (Å²) in [5.41, 5.74) is 2.25. The summed E-state index contributed by atoms with van der Waals surface area (Å²) in [5, 5.41) is 3.22. The molecule has 3 aliphatic rings. The van der Waals surface area contributed by atoms with Crippen LogP contribution in [0.4, 0.5) is 0 Å². The van der Waals surface area contributed by atoms with Gasteiger partial charge in [-0.05, 0) is 25.7 Å². The molecular formula is C22H29N5O3. The number of nitrogens with one attached hydrogen (secondary N) is 1. The second-order valence-corrected chi connectivity index (χ2v) is 9.94. The first kappa shape index (κ1) is 19.3. The molecule has 1 saturated carbocycles. The van der Waals surface area contributed by atoms with Gasteiger partial charge < -0.3 is 9.80 Å². The highest BCUT2D eigenvalue weighted by atomic mass is 16.2. The highest BCUT2D eigenvalue weighted by Gasteiger charge is 2.38. The lowest BCUT2D eigenvalue weighted by Crippen LogP contribution is -2.41. The van der Waals surface area contributed by atoms with E-state index in [-0.39, 0.29) is 29.3 Å². The van der Waals surface area contributed by atoms with Gasteiger partial charge in [-0.1, -0.05) is 20.8 Å². The fraction of sp³-hybridized carbons (Fsp3) is 0.636. The molecule has 1 saturated heterocycles. The molecule has 0 bridgehead atoms. The minimum Gasteiger partial charge on any atom is -0.337 e. The van der Waals surface area contributed by atoms with Gasteiger partial charge in [0.15, 0.2) is 5.65 Å². The van der Waals surface area contributed by atoms with E-state index in [1.807, 2.05) is 31.7 Å². The van der Waals surface area contributed by atoms with E-state index in [2.05, 4.69) is 5.10 Å². The molecule has 0 unspecified atom stereocenters. The summed E-state index contributed by atoms with van der Waals surface area (Å²) in [6, 6.07) is 1.84. The maximum absolute atomic E-state index is 13.2. The Morgan fingerprint density at radius 2 is 1.93 bits per heavy atom. The predicted molar refractivity (Wildman–Crippen MR) is 111 cm³/mol. The average molecular weight is 412 g/mol. The number of likely N-dealkylation sites (tertiary alicyclic amines) is 1. The summed E-state index contributed by atoms with van der Waals surface area (Å²) in [4.78, 5) is 47.0. The van der Waals surface area contributed by atoms with E-state index in [4.69, 9.17) is 4.98 Å². The van der Waals surface area contributed by atoms with Crippen LogP contribution in [0.15, 0.2) is 10.9 Å². The summed E-state index contributed by atoms with van der Waals surface area (Å²) in [6.45, 7) is 7.50. The molecule has 5 rings (SSSR count). The molecular weight excluding hydrogens is 382 g/mol. The van der Waals surface area contributed by atoms with Crippen LogP contribution in [0.3, 0.4) is 0 Å². The Balaban J connectivity index is 1.48. The van der Waals surface area contributed by atoms with Crippen LogP contribution in [-0.2, 0) is 22.6 Å². The Morgan fingerprint density at radius 1 is 1.17 bits per heavy atom. The molecule has 160 valence electrons. The van der Waals surface area contributed by atoms with E-state index in [0.29, 0.717) is 30.7 Å². The Kier molecular flexibility index (Phi) is 4.31. The first-order chi connectivity index (χ1) is 14.2. The lowest BCUT2D eigenvalue weighted by Gasteiger charge is -2.30. The molecule has 30 heavy (non-hydrogen) atoms. The molecule has 8 heteroatoms. The van der Waals surface area contributed by atoms with Crippen molar-refractivity contribution in [3.63, 3.8) is 0 Å². The summed E-state index contributed by atoms with van der Waals surface area (Å²) in [7, 11) is 0. The molecule has 2 aliphatic heterocycles. The fourth-order valence-electron chi connectivity index (χ4n) is 4.71. The Hall–Kier alpha value is -2.64. The van der Waals surface area contributed by atoms with Crippen molar-refractivity contribution >= 4 is 17.5 Å². The van der Waals surface area contributed by atoms with Crippen LogP contribution in [0.2, 0.25) is 0 Å². The number of nitrogens with zero attached hydrogens (tertiary/aromatic N) is 4. The maximum Gasteiger partial charge on any atom is 0.277 e. The molecule has 1 N–H and O–H groups in total. The van der Waals surface area contributed by atoms with Crippen molar-refractivity contribution in [2.24, 2.45) is 11.3 Å². The number of H-pyrrole nitrogens is 1. The summed E-state index contributed by atoms with van der Waals surface area (Å²) in [5.74, 6) is 0.439. The van der Waals surface area contributed by atoms with Gasteiger partial charge in [-0.2, -0.15) is 0 Å². The number of fused-ring (bicyclic) bond motifs is 2. The normalized spacial score (nSPS) is 21.9. The second kappa shape index (κ2) is 6.68. The van der Waals surface area contributed by atoms with Gasteiger partial charge >= 0.3 is 0 Å². The van der Waals surface area contributed by atoms with Crippen LogP contribution >= 0.6 is 0 Å². The van der Waals surface area contributed by atoms with Crippen LogP contribution < -0.4 is 5.56 Å². The van der Waals surface area contributed by atoms with E-state index in [9.17, 15) is 14.4 Å². The highest BCUT2D eigenvalue weighted by molar-refractivity contribution is 5.82. The predicted octanol–water partition coefficient (Wildman–Crippen LogP) is 2.03. The molecule has 2 aromatic rings. The number of hydrogen-bond acceptors (Lipinski definition) is 4. The van der Waals surface area contributed by atoms with Gasteiger partial charge in [0.25, 0.3) is 5.56 Å². The topological polar surface area (TPSA) is 90.8 Å². The molecule has 0 spiro atoms. The van der Waals surface area contributed by atoms with Crippen molar-refractivity contribution in [3.05, 3.63) is 33.4 Å². The van der Waals surface area contributed by atoms with Crippen molar-refractivity contribution in [2.75, 3.05) is 13.1 Å². The summed E-state index contributed by atoms with van der Waals surface area (Å²) in [6.07, 6.45) is 4.34. The zero-order valence-electron chi connectivity index (χ0n) is 17.9. The first-order valence-electron chi connectivity index (χ1n) is 11.0. The lowest BCUT2D eigenvalue weighted by molar-refractivity contribution is -0.140. The highest BCUT2D eigenvalue weighted by Crippen LogP contribution is 2.35. The van der Waals surface area contributed by atoms with Gasteiger partial charge in [0, 0.05) is 36.9 Å². The summed E-state index contributed by atoms with van der Waals surface area (Å²) < 4.78 is 1.48. The van der Waals surface area contributed by atoms with Crippen molar-refractivity contribution in [1.29, 1.82) is 0 Å². The van der Waals surface area contributed by atoms with E-state index in [0.717, 1.165) is 43.6 Å². The minimum absolute atomic E-state index is 0.0669. The van der Waals surface area contributed by atoms with E-state index >= 15 is 0 Å². The van der Waals surface area contributed by atoms with Crippen molar-refractivity contribution < 1.29 is 9.59 Å². The third kappa shape index (κ3) is 3.13. The Morgan fingerprint density at radius 3 is 2.63 bits per heavy atom. The molecule has 2 fully saturated rings. The maximum atomic E-state index is 13.2. The van der Waals surface area contributed by atoms with Gasteiger partial charge in [-0.3, -0.25) is 19.5 Å². The van der Waals surface area contributed by atoms with Gasteiger partial charge in [-0.15, -0.1) is 0 Å². The minimum atomic E-state index is -0.444. The largest absolute Gasteiger partial charge is 0.337 e. The second-order valence-electron chi connectivity index (χ2n) is 9.94. The lowest BCUT2D eigenvalue weighted by atomic mass is 9.94. The third-order valence-corrected chi connectivity index (χ3v) is 6.53. The number of carbonyl (C=O) groups excluding carboxylic acids is 2. The quantitative estimate of drug-likeness (QED) is 0.819. The van der Waals surface area contributed by atoms with Crippen LogP contribution in [0.25, 0.3) is 5.65 Å². The van der Waals surface area contributed by atoms with Crippen molar-refractivity contribution in [3.8, 4) is 0 Å². The third-order valence-electron chi connectivity index (χ3n) is 6.53. The van der Waals surface area contributed by atoms with Gasteiger partial charge in [0.2, 0.25) is 11.8 Å². The molecule has 4 heterocycles. The molecule has 1 aliphatic carbocycles. The van der Waals surface area contributed by atoms with E-state index < -0.39 is 5.41 Å². The van der Waals surface area contributed by atoms with Gasteiger partial charge in [0.1, 0.15) is 0 Å². The molecule has 8 nitrogen and oxygen atoms in total. The summed E-state index contributed by atoms with van der Waals surface area (Å²) >= 11 is 0. The van der Waals surface area contributed by atoms with Crippen LogP contribution in [0.5, 0.6) is 0 Å². The monoisotopic (exact) mass is 411 g/mol. The zero-order chi connectivity index (χ0) is 21.2. The fourth-order valence-corrected chi connectivity index (χ4v) is 4.71. The smallest absolute Gasteiger partial charge is 0.277 e. The standard InChI is InChI=1S/C22H29N5O3/c1-22(2,3)21(30)26-9-4-5-17(26)16-11-18-23-15-8-10-25(19(28)13-6-7-13)12-14(15)20(29)27(18)24-16/h11,13,17,24H,4-10,12H2,1-3H3/t17-/m1/s1. The van der Waals surface area contributed by atoms with Gasteiger partial charge in [0.05, 0.1) is 29.5 Å². The molecule has 0 radical (unpaired) electrons. The number of hydrogen-bond donors (Lipinski definition) is 1.